The molecule has 0 unspecified atom stereocenters. The SMILES string of the molecule is CC[C@H](C)Cc1nc(Cn2cnc3ccccc32)n(CCCO)n1. The van der Waals surface area contributed by atoms with E-state index in [4.69, 9.17) is 10.1 Å². The van der Waals surface area contributed by atoms with Crippen LogP contribution in [0.3, 0.4) is 0 Å². The van der Waals surface area contributed by atoms with E-state index >= 15 is 0 Å². The summed E-state index contributed by atoms with van der Waals surface area (Å²) in [6, 6.07) is 8.09. The first-order valence-corrected chi connectivity index (χ1v) is 8.64. The highest BCUT2D eigenvalue weighted by Gasteiger charge is 2.13. The number of rotatable bonds is 8. The second kappa shape index (κ2) is 7.57. The molecule has 1 aromatic carbocycles. The summed E-state index contributed by atoms with van der Waals surface area (Å²) in [4.78, 5) is 9.19. The fraction of sp³-hybridized carbons (Fsp3) is 0.500. The standard InChI is InChI=1S/C18H25N5O/c1-3-14(2)11-17-20-18(23(21-17)9-6-10-24)12-22-13-19-15-7-4-5-8-16(15)22/h4-5,7-8,13-14,24H,3,6,9-12H2,1-2H3/t14-/m0/s1. The Bertz CT molecular complexity index is 792. The van der Waals surface area contributed by atoms with Crippen LogP contribution in [0.2, 0.25) is 0 Å². The Hall–Kier alpha value is -2.21. The van der Waals surface area contributed by atoms with E-state index in [1.54, 1.807) is 0 Å². The van der Waals surface area contributed by atoms with Gasteiger partial charge in [0.15, 0.2) is 5.82 Å². The van der Waals surface area contributed by atoms with Crippen molar-refractivity contribution < 1.29 is 5.11 Å². The highest BCUT2D eigenvalue weighted by Crippen LogP contribution is 2.15. The molecule has 1 N–H and O–H groups in total. The summed E-state index contributed by atoms with van der Waals surface area (Å²) >= 11 is 0. The van der Waals surface area contributed by atoms with Crippen LogP contribution in [-0.2, 0) is 19.5 Å². The van der Waals surface area contributed by atoms with Gasteiger partial charge in [-0.15, -0.1) is 0 Å². The topological polar surface area (TPSA) is 68.8 Å². The summed E-state index contributed by atoms with van der Waals surface area (Å²) in [6.45, 7) is 5.89. The quantitative estimate of drug-likeness (QED) is 0.690. The second-order valence-corrected chi connectivity index (χ2v) is 6.32. The number of hydrogen-bond acceptors (Lipinski definition) is 4. The molecule has 0 saturated carbocycles. The molecular formula is C18H25N5O. The molecule has 2 aromatic heterocycles. The first-order chi connectivity index (χ1) is 11.7. The van der Waals surface area contributed by atoms with Gasteiger partial charge in [-0.2, -0.15) is 5.10 Å². The van der Waals surface area contributed by atoms with E-state index in [1.807, 2.05) is 29.2 Å². The van der Waals surface area contributed by atoms with Crippen LogP contribution in [-0.4, -0.2) is 36.0 Å². The van der Waals surface area contributed by atoms with Crippen molar-refractivity contribution in [2.45, 2.75) is 46.2 Å². The van der Waals surface area contributed by atoms with Gasteiger partial charge in [0.1, 0.15) is 5.82 Å². The maximum Gasteiger partial charge on any atom is 0.151 e. The van der Waals surface area contributed by atoms with Crippen LogP contribution < -0.4 is 0 Å². The lowest BCUT2D eigenvalue weighted by Crippen LogP contribution is -2.10. The normalized spacial score (nSPS) is 12.8. The zero-order valence-corrected chi connectivity index (χ0v) is 14.4. The maximum atomic E-state index is 9.13. The summed E-state index contributed by atoms with van der Waals surface area (Å²) < 4.78 is 4.03. The number of benzene rings is 1. The molecule has 3 rings (SSSR count). The average molecular weight is 327 g/mol. The lowest BCUT2D eigenvalue weighted by atomic mass is 10.1. The number of nitrogens with zero attached hydrogens (tertiary/aromatic N) is 5. The van der Waals surface area contributed by atoms with Gasteiger partial charge >= 0.3 is 0 Å². The minimum absolute atomic E-state index is 0.161. The third-order valence-electron chi connectivity index (χ3n) is 4.39. The third-order valence-corrected chi connectivity index (χ3v) is 4.39. The number of aliphatic hydroxyl groups is 1. The fourth-order valence-electron chi connectivity index (χ4n) is 2.77. The molecule has 1 atom stereocenters. The Morgan fingerprint density at radius 2 is 2.08 bits per heavy atom. The second-order valence-electron chi connectivity index (χ2n) is 6.32. The number of aromatic nitrogens is 5. The highest BCUT2D eigenvalue weighted by molar-refractivity contribution is 5.74. The number of fused-ring (bicyclic) bond motifs is 1. The van der Waals surface area contributed by atoms with Crippen molar-refractivity contribution in [2.24, 2.45) is 5.92 Å². The number of aliphatic hydroxyl groups excluding tert-OH is 1. The average Bonchev–Trinajstić information content (AvgIpc) is 3.17. The van der Waals surface area contributed by atoms with Crippen molar-refractivity contribution in [1.29, 1.82) is 0 Å². The van der Waals surface area contributed by atoms with Crippen LogP contribution >= 0.6 is 0 Å². The molecule has 24 heavy (non-hydrogen) atoms. The molecule has 0 aliphatic rings. The Labute approximate surface area is 142 Å². The number of imidazole rings is 1. The largest absolute Gasteiger partial charge is 0.396 e. The summed E-state index contributed by atoms with van der Waals surface area (Å²) in [5.74, 6) is 2.38. The van der Waals surface area contributed by atoms with E-state index in [-0.39, 0.29) is 6.61 Å². The predicted molar refractivity (Wildman–Crippen MR) is 93.7 cm³/mol. The Morgan fingerprint density at radius 3 is 2.88 bits per heavy atom. The van der Waals surface area contributed by atoms with E-state index in [9.17, 15) is 0 Å². The van der Waals surface area contributed by atoms with E-state index in [1.165, 1.54) is 0 Å². The molecule has 0 amide bonds. The Kier molecular flexibility index (Phi) is 5.25. The highest BCUT2D eigenvalue weighted by atomic mass is 16.3. The molecule has 0 radical (unpaired) electrons. The van der Waals surface area contributed by atoms with Crippen molar-refractivity contribution in [2.75, 3.05) is 6.61 Å². The van der Waals surface area contributed by atoms with Gasteiger partial charge in [-0.25, -0.2) is 14.6 Å². The molecule has 0 aliphatic carbocycles. The first kappa shape index (κ1) is 16.6. The monoisotopic (exact) mass is 327 g/mol. The molecule has 0 aliphatic heterocycles. The zero-order valence-electron chi connectivity index (χ0n) is 14.4. The smallest absolute Gasteiger partial charge is 0.151 e. The van der Waals surface area contributed by atoms with E-state index in [2.05, 4.69) is 34.6 Å². The van der Waals surface area contributed by atoms with Crippen LogP contribution in [0.25, 0.3) is 11.0 Å². The molecule has 6 heteroatoms. The van der Waals surface area contributed by atoms with E-state index < -0.39 is 0 Å². The van der Waals surface area contributed by atoms with Crippen LogP contribution in [0.4, 0.5) is 0 Å². The molecule has 3 aromatic rings. The number of aryl methyl sites for hydroxylation is 1. The molecule has 6 nitrogen and oxygen atoms in total. The van der Waals surface area contributed by atoms with E-state index in [0.29, 0.717) is 25.4 Å². The lowest BCUT2D eigenvalue weighted by Gasteiger charge is -2.06. The maximum absolute atomic E-state index is 9.13. The van der Waals surface area contributed by atoms with Crippen LogP contribution in [0.1, 0.15) is 38.3 Å². The van der Waals surface area contributed by atoms with Gasteiger partial charge in [0.2, 0.25) is 0 Å². The summed E-state index contributed by atoms with van der Waals surface area (Å²) in [7, 11) is 0. The molecule has 2 heterocycles. The van der Waals surface area contributed by atoms with Crippen LogP contribution in [0.15, 0.2) is 30.6 Å². The van der Waals surface area contributed by atoms with Gasteiger partial charge in [-0.1, -0.05) is 32.4 Å². The minimum atomic E-state index is 0.161. The van der Waals surface area contributed by atoms with Gasteiger partial charge in [0.05, 0.1) is 23.9 Å². The van der Waals surface area contributed by atoms with Crippen LogP contribution in [0.5, 0.6) is 0 Å². The minimum Gasteiger partial charge on any atom is -0.396 e. The van der Waals surface area contributed by atoms with E-state index in [0.717, 1.165) is 35.5 Å². The third kappa shape index (κ3) is 3.64. The predicted octanol–water partition coefficient (Wildman–Crippen LogP) is 2.65. The van der Waals surface area contributed by atoms with Crippen molar-refractivity contribution in [1.82, 2.24) is 24.3 Å². The molecule has 0 saturated heterocycles. The van der Waals surface area contributed by atoms with Crippen molar-refractivity contribution in [3.05, 3.63) is 42.2 Å². The molecular weight excluding hydrogens is 302 g/mol. The number of hydrogen-bond donors (Lipinski definition) is 1. The Morgan fingerprint density at radius 1 is 1.25 bits per heavy atom. The lowest BCUT2D eigenvalue weighted by molar-refractivity contribution is 0.275. The molecule has 0 spiro atoms. The summed E-state index contributed by atoms with van der Waals surface area (Å²) in [6.07, 6.45) is 4.54. The van der Waals surface area contributed by atoms with Crippen molar-refractivity contribution >= 4 is 11.0 Å². The fourth-order valence-corrected chi connectivity index (χ4v) is 2.77. The zero-order chi connectivity index (χ0) is 16.9. The van der Waals surface area contributed by atoms with Gasteiger partial charge in [-0.05, 0) is 24.5 Å². The van der Waals surface area contributed by atoms with Gasteiger partial charge in [0.25, 0.3) is 0 Å². The molecule has 128 valence electrons. The first-order valence-electron chi connectivity index (χ1n) is 8.64. The van der Waals surface area contributed by atoms with Crippen LogP contribution in [0, 0.1) is 5.92 Å². The Balaban J connectivity index is 1.87. The van der Waals surface area contributed by atoms with Gasteiger partial charge < -0.3 is 9.67 Å². The van der Waals surface area contributed by atoms with Crippen molar-refractivity contribution in [3.63, 3.8) is 0 Å². The summed E-state index contributed by atoms with van der Waals surface area (Å²) in [5.41, 5.74) is 2.08. The molecule has 0 bridgehead atoms. The number of para-hydroxylation sites is 2. The molecule has 0 fully saturated rings. The van der Waals surface area contributed by atoms with Gasteiger partial charge in [0, 0.05) is 19.6 Å². The van der Waals surface area contributed by atoms with Crippen molar-refractivity contribution in [3.8, 4) is 0 Å². The summed E-state index contributed by atoms with van der Waals surface area (Å²) in [5, 5.41) is 13.8. The van der Waals surface area contributed by atoms with Gasteiger partial charge in [-0.3, -0.25) is 0 Å².